The van der Waals surface area contributed by atoms with Crippen LogP contribution < -0.4 is 5.32 Å². The molecule has 1 aromatic carbocycles. The largest absolute Gasteiger partial charge is 0.416 e. The van der Waals surface area contributed by atoms with Crippen molar-refractivity contribution >= 4 is 38.5 Å². The molecule has 0 saturated heterocycles. The maximum absolute atomic E-state index is 12.6. The number of hydrogen-bond acceptors (Lipinski definition) is 3. The SMILES string of the molecule is CSC(=Nc1cc(Br)cc(C(F)(F)F)c1)NC#N. The third-order valence-corrected chi connectivity index (χ3v) is 2.83. The molecule has 1 N–H and O–H groups in total. The predicted octanol–water partition coefficient (Wildman–Crippen LogP) is 3.89. The quantitative estimate of drug-likeness (QED) is 0.366. The van der Waals surface area contributed by atoms with Crippen molar-refractivity contribution < 1.29 is 13.2 Å². The fourth-order valence-electron chi connectivity index (χ4n) is 1.09. The Morgan fingerprint density at radius 1 is 1.44 bits per heavy atom. The number of amidine groups is 1. The first kappa shape index (κ1) is 14.9. The molecule has 0 radical (unpaired) electrons. The average molecular weight is 338 g/mol. The Morgan fingerprint density at radius 3 is 2.61 bits per heavy atom. The van der Waals surface area contributed by atoms with Gasteiger partial charge in [0.15, 0.2) is 11.4 Å². The average Bonchev–Trinajstić information content (AvgIpc) is 2.26. The van der Waals surface area contributed by atoms with E-state index in [2.05, 4.69) is 26.2 Å². The Morgan fingerprint density at radius 2 is 2.11 bits per heavy atom. The number of halogens is 4. The van der Waals surface area contributed by atoms with Crippen molar-refractivity contribution in [2.45, 2.75) is 6.18 Å². The van der Waals surface area contributed by atoms with Gasteiger partial charge in [0.1, 0.15) is 0 Å². The molecular formula is C10H7BrF3N3S. The first-order valence-corrected chi connectivity index (χ1v) is 6.54. The Bertz CT molecular complexity index is 508. The lowest BCUT2D eigenvalue weighted by Crippen LogP contribution is -2.12. The zero-order valence-corrected chi connectivity index (χ0v) is 11.4. The Hall–Kier alpha value is -1.20. The minimum absolute atomic E-state index is 0.115. The van der Waals surface area contributed by atoms with Crippen LogP contribution >= 0.6 is 27.7 Å². The van der Waals surface area contributed by atoms with Gasteiger partial charge < -0.3 is 0 Å². The predicted molar refractivity (Wildman–Crippen MR) is 68.5 cm³/mol. The van der Waals surface area contributed by atoms with Gasteiger partial charge in [0.25, 0.3) is 0 Å². The minimum atomic E-state index is -4.43. The molecule has 18 heavy (non-hydrogen) atoms. The van der Waals surface area contributed by atoms with Crippen molar-refractivity contribution in [1.82, 2.24) is 5.32 Å². The number of hydrogen-bond donors (Lipinski definition) is 1. The molecule has 0 spiro atoms. The summed E-state index contributed by atoms with van der Waals surface area (Å²) in [6.45, 7) is 0. The summed E-state index contributed by atoms with van der Waals surface area (Å²) in [7, 11) is 0. The molecule has 0 saturated carbocycles. The van der Waals surface area contributed by atoms with Crippen LogP contribution in [0.5, 0.6) is 0 Å². The molecule has 0 aromatic heterocycles. The van der Waals surface area contributed by atoms with E-state index in [0.29, 0.717) is 0 Å². The highest BCUT2D eigenvalue weighted by molar-refractivity contribution is 9.10. The summed E-state index contributed by atoms with van der Waals surface area (Å²) in [5, 5.41) is 10.9. The van der Waals surface area contributed by atoms with Gasteiger partial charge in [-0.1, -0.05) is 27.7 Å². The first-order valence-electron chi connectivity index (χ1n) is 4.52. The monoisotopic (exact) mass is 337 g/mol. The van der Waals surface area contributed by atoms with Crippen LogP contribution in [0.3, 0.4) is 0 Å². The van der Waals surface area contributed by atoms with E-state index < -0.39 is 11.7 Å². The molecule has 1 rings (SSSR count). The smallest absolute Gasteiger partial charge is 0.271 e. The molecule has 1 aromatic rings. The van der Waals surface area contributed by atoms with Gasteiger partial charge in [-0.2, -0.15) is 18.4 Å². The molecule has 0 fully saturated rings. The molecule has 0 aliphatic heterocycles. The minimum Gasteiger partial charge on any atom is -0.271 e. The van der Waals surface area contributed by atoms with Crippen LogP contribution in [0.1, 0.15) is 5.56 Å². The normalized spacial score (nSPS) is 12.1. The topological polar surface area (TPSA) is 48.2 Å². The molecule has 3 nitrogen and oxygen atoms in total. The van der Waals surface area contributed by atoms with Crippen LogP contribution in [-0.4, -0.2) is 11.4 Å². The molecule has 0 bridgehead atoms. The molecule has 96 valence electrons. The maximum Gasteiger partial charge on any atom is 0.416 e. The first-order chi connectivity index (χ1) is 8.36. The van der Waals surface area contributed by atoms with Gasteiger partial charge in [-0.05, 0) is 24.5 Å². The van der Waals surface area contributed by atoms with Crippen molar-refractivity contribution in [3.8, 4) is 6.19 Å². The fourth-order valence-corrected chi connectivity index (χ4v) is 1.92. The van der Waals surface area contributed by atoms with Gasteiger partial charge >= 0.3 is 6.18 Å². The highest BCUT2D eigenvalue weighted by Crippen LogP contribution is 2.34. The number of nitrogens with zero attached hydrogens (tertiary/aromatic N) is 2. The maximum atomic E-state index is 12.6. The van der Waals surface area contributed by atoms with Crippen molar-refractivity contribution in [1.29, 1.82) is 5.26 Å². The molecule has 0 aliphatic rings. The van der Waals surface area contributed by atoms with Crippen LogP contribution in [0.25, 0.3) is 0 Å². The Labute approximate surface area is 114 Å². The zero-order chi connectivity index (χ0) is 13.8. The van der Waals surface area contributed by atoms with E-state index in [0.717, 1.165) is 23.9 Å². The summed E-state index contributed by atoms with van der Waals surface area (Å²) >= 11 is 4.12. The molecule has 0 amide bonds. The molecular weight excluding hydrogens is 331 g/mol. The van der Waals surface area contributed by atoms with Crippen LogP contribution in [0.4, 0.5) is 18.9 Å². The van der Waals surface area contributed by atoms with Crippen LogP contribution in [0.2, 0.25) is 0 Å². The molecule has 0 aliphatic carbocycles. The molecule has 8 heteroatoms. The van der Waals surface area contributed by atoms with E-state index in [4.69, 9.17) is 5.26 Å². The number of alkyl halides is 3. The number of aliphatic imine (C=N–C) groups is 1. The highest BCUT2D eigenvalue weighted by atomic mass is 79.9. The van der Waals surface area contributed by atoms with Crippen molar-refractivity contribution in [2.24, 2.45) is 4.99 Å². The molecule has 0 atom stereocenters. The van der Waals surface area contributed by atoms with Gasteiger partial charge in [-0.15, -0.1) is 0 Å². The number of nitrogens with one attached hydrogen (secondary N) is 1. The van der Waals surface area contributed by atoms with E-state index >= 15 is 0 Å². The van der Waals surface area contributed by atoms with E-state index in [1.54, 1.807) is 12.4 Å². The van der Waals surface area contributed by atoms with E-state index in [-0.39, 0.29) is 15.3 Å². The van der Waals surface area contributed by atoms with Gasteiger partial charge in [-0.3, -0.25) is 5.32 Å². The summed E-state index contributed by atoms with van der Waals surface area (Å²) in [5.74, 6) is 0. The lowest BCUT2D eigenvalue weighted by atomic mass is 10.2. The third-order valence-electron chi connectivity index (χ3n) is 1.80. The van der Waals surface area contributed by atoms with E-state index in [9.17, 15) is 13.2 Å². The second kappa shape index (κ2) is 6.11. The second-order valence-corrected chi connectivity index (χ2v) is 4.76. The van der Waals surface area contributed by atoms with Crippen molar-refractivity contribution in [3.05, 3.63) is 28.2 Å². The Kier molecular flexibility index (Phi) is 5.04. The summed E-state index contributed by atoms with van der Waals surface area (Å²) in [5.41, 5.74) is -0.683. The van der Waals surface area contributed by atoms with Gasteiger partial charge in [0.2, 0.25) is 0 Å². The number of thioether (sulfide) groups is 1. The third kappa shape index (κ3) is 4.23. The number of nitriles is 1. The highest BCUT2D eigenvalue weighted by Gasteiger charge is 2.31. The molecule has 0 heterocycles. The van der Waals surface area contributed by atoms with Crippen LogP contribution in [0.15, 0.2) is 27.7 Å². The van der Waals surface area contributed by atoms with Crippen LogP contribution in [-0.2, 0) is 6.18 Å². The summed E-state index contributed by atoms with van der Waals surface area (Å²) in [4.78, 5) is 3.92. The second-order valence-electron chi connectivity index (χ2n) is 3.05. The van der Waals surface area contributed by atoms with Crippen LogP contribution in [0, 0.1) is 11.5 Å². The summed E-state index contributed by atoms with van der Waals surface area (Å²) in [6.07, 6.45) is -1.11. The summed E-state index contributed by atoms with van der Waals surface area (Å²) < 4.78 is 38.0. The van der Waals surface area contributed by atoms with Gasteiger partial charge in [-0.25, -0.2) is 4.99 Å². The van der Waals surface area contributed by atoms with E-state index in [1.807, 2.05) is 0 Å². The van der Waals surface area contributed by atoms with Gasteiger partial charge in [0.05, 0.1) is 11.3 Å². The standard InChI is InChI=1S/C10H7BrF3N3S/c1-18-9(16-5-15)17-8-3-6(10(12,13)14)2-7(11)4-8/h2-4H,1H3,(H,16,17). The van der Waals surface area contributed by atoms with Gasteiger partial charge in [0, 0.05) is 4.47 Å². The molecule has 0 unspecified atom stereocenters. The van der Waals surface area contributed by atoms with Crippen molar-refractivity contribution in [2.75, 3.05) is 6.26 Å². The van der Waals surface area contributed by atoms with E-state index in [1.165, 1.54) is 6.07 Å². The zero-order valence-electron chi connectivity index (χ0n) is 9.05. The lowest BCUT2D eigenvalue weighted by molar-refractivity contribution is -0.137. The lowest BCUT2D eigenvalue weighted by Gasteiger charge is -2.08. The number of rotatable bonds is 1. The number of benzene rings is 1. The fraction of sp³-hybridized carbons (Fsp3) is 0.200. The summed E-state index contributed by atoms with van der Waals surface area (Å²) in [6, 6.07) is 3.32. The van der Waals surface area contributed by atoms with Crippen molar-refractivity contribution in [3.63, 3.8) is 0 Å². The Balaban J connectivity index is 3.19.